The molecule has 0 radical (unpaired) electrons. The van der Waals surface area contributed by atoms with E-state index < -0.39 is 29.3 Å². The topological polar surface area (TPSA) is 20.2 Å². The van der Waals surface area contributed by atoms with Gasteiger partial charge in [-0.2, -0.15) is 30.7 Å². The number of alkyl halides is 7. The fourth-order valence-corrected chi connectivity index (χ4v) is 1.40. The molecule has 0 heterocycles. The van der Waals surface area contributed by atoms with Crippen molar-refractivity contribution in [3.8, 4) is 5.75 Å². The Kier molecular flexibility index (Phi) is 3.75. The first kappa shape index (κ1) is 15.6. The van der Waals surface area contributed by atoms with Crippen LogP contribution in [0.4, 0.5) is 30.7 Å². The molecule has 0 aliphatic carbocycles. The van der Waals surface area contributed by atoms with Gasteiger partial charge in [0.05, 0.1) is 5.56 Å². The lowest BCUT2D eigenvalue weighted by Gasteiger charge is -2.29. The molecule has 1 aromatic carbocycles. The molecule has 0 aromatic heterocycles. The van der Waals surface area contributed by atoms with Gasteiger partial charge < -0.3 is 5.11 Å². The van der Waals surface area contributed by atoms with E-state index in [4.69, 9.17) is 5.11 Å². The van der Waals surface area contributed by atoms with Crippen molar-refractivity contribution in [2.24, 2.45) is 0 Å². The minimum atomic E-state index is -6.43. The molecule has 0 aliphatic rings. The molecule has 19 heavy (non-hydrogen) atoms. The van der Waals surface area contributed by atoms with Gasteiger partial charge in [-0.1, -0.05) is 13.0 Å². The number of hydrogen-bond acceptors (Lipinski definition) is 1. The third kappa shape index (κ3) is 2.48. The molecule has 108 valence electrons. The van der Waals surface area contributed by atoms with E-state index >= 15 is 0 Å². The lowest BCUT2D eigenvalue weighted by molar-refractivity contribution is -0.359. The summed E-state index contributed by atoms with van der Waals surface area (Å²) in [6, 6.07) is 2.25. The first-order chi connectivity index (χ1) is 8.45. The molecule has 0 aliphatic heterocycles. The van der Waals surface area contributed by atoms with E-state index in [2.05, 4.69) is 0 Å². The van der Waals surface area contributed by atoms with Crippen molar-refractivity contribution in [1.29, 1.82) is 0 Å². The molecular weight excluding hydrogens is 281 g/mol. The van der Waals surface area contributed by atoms with Crippen LogP contribution in [-0.4, -0.2) is 17.2 Å². The standard InChI is InChI=1S/C11H9F7O/c1-2-6-3-4-8(19)7(5-6)9(12,13)10(14,15)11(16,17)18/h3-5,19H,2H2,1H3. The van der Waals surface area contributed by atoms with E-state index in [1.807, 2.05) is 0 Å². The third-order valence-corrected chi connectivity index (χ3v) is 2.56. The molecular formula is C11H9F7O. The van der Waals surface area contributed by atoms with Crippen LogP contribution in [0, 0.1) is 0 Å². The number of halogens is 7. The molecule has 0 bridgehead atoms. The van der Waals surface area contributed by atoms with Crippen molar-refractivity contribution >= 4 is 0 Å². The highest BCUT2D eigenvalue weighted by Crippen LogP contribution is 2.53. The van der Waals surface area contributed by atoms with Gasteiger partial charge in [0.15, 0.2) is 0 Å². The predicted octanol–water partition coefficient (Wildman–Crippen LogP) is 4.24. The Balaban J connectivity index is 3.42. The molecule has 1 nitrogen and oxygen atoms in total. The van der Waals surface area contributed by atoms with Crippen LogP contribution in [-0.2, 0) is 12.3 Å². The maximum atomic E-state index is 13.4. The second kappa shape index (κ2) is 4.57. The van der Waals surface area contributed by atoms with E-state index in [9.17, 15) is 30.7 Å². The minimum absolute atomic E-state index is 0.102. The summed E-state index contributed by atoms with van der Waals surface area (Å²) in [5, 5.41) is 9.11. The van der Waals surface area contributed by atoms with Crippen molar-refractivity contribution in [3.05, 3.63) is 29.3 Å². The second-order valence-corrected chi connectivity index (χ2v) is 3.85. The molecule has 0 amide bonds. The predicted molar refractivity (Wildman–Crippen MR) is 52.4 cm³/mol. The van der Waals surface area contributed by atoms with Gasteiger partial charge in [0.2, 0.25) is 0 Å². The molecule has 0 saturated heterocycles. The number of aryl methyl sites for hydroxylation is 1. The van der Waals surface area contributed by atoms with Gasteiger partial charge in [-0.3, -0.25) is 0 Å². The summed E-state index contributed by atoms with van der Waals surface area (Å²) < 4.78 is 88.5. The zero-order valence-electron chi connectivity index (χ0n) is 9.53. The molecule has 1 N–H and O–H groups in total. The summed E-state index contributed by atoms with van der Waals surface area (Å²) >= 11 is 0. The van der Waals surface area contributed by atoms with Gasteiger partial charge in [-0.15, -0.1) is 0 Å². The van der Waals surface area contributed by atoms with Crippen LogP contribution < -0.4 is 0 Å². The molecule has 1 rings (SSSR count). The zero-order chi connectivity index (χ0) is 15.1. The average molecular weight is 290 g/mol. The smallest absolute Gasteiger partial charge is 0.460 e. The van der Waals surface area contributed by atoms with Crippen LogP contribution in [0.15, 0.2) is 18.2 Å². The Bertz CT molecular complexity index is 465. The van der Waals surface area contributed by atoms with Crippen LogP contribution in [0.3, 0.4) is 0 Å². The molecule has 8 heteroatoms. The molecule has 0 atom stereocenters. The number of phenolic OH excluding ortho intramolecular Hbond substituents is 1. The van der Waals surface area contributed by atoms with Crippen LogP contribution in [0.25, 0.3) is 0 Å². The fraction of sp³-hybridized carbons (Fsp3) is 0.455. The van der Waals surface area contributed by atoms with E-state index in [0.717, 1.165) is 6.07 Å². The minimum Gasteiger partial charge on any atom is -0.507 e. The van der Waals surface area contributed by atoms with Crippen molar-refractivity contribution in [2.75, 3.05) is 0 Å². The number of aromatic hydroxyl groups is 1. The van der Waals surface area contributed by atoms with Gasteiger partial charge in [-0.05, 0) is 24.1 Å². The number of rotatable bonds is 3. The van der Waals surface area contributed by atoms with Crippen molar-refractivity contribution in [2.45, 2.75) is 31.4 Å². The van der Waals surface area contributed by atoms with Crippen molar-refractivity contribution in [1.82, 2.24) is 0 Å². The van der Waals surface area contributed by atoms with Gasteiger partial charge in [-0.25, -0.2) is 0 Å². The van der Waals surface area contributed by atoms with Gasteiger partial charge >= 0.3 is 18.0 Å². The van der Waals surface area contributed by atoms with E-state index in [0.29, 0.717) is 12.1 Å². The summed E-state index contributed by atoms with van der Waals surface area (Å²) in [6.45, 7) is 1.50. The number of hydrogen-bond donors (Lipinski definition) is 1. The van der Waals surface area contributed by atoms with Crippen LogP contribution >= 0.6 is 0 Å². The highest BCUT2D eigenvalue weighted by molar-refractivity contribution is 5.40. The van der Waals surface area contributed by atoms with Gasteiger partial charge in [0.25, 0.3) is 0 Å². The summed E-state index contributed by atoms with van der Waals surface area (Å²) in [5.74, 6) is -13.1. The SMILES string of the molecule is CCc1ccc(O)c(C(F)(F)C(F)(F)C(F)(F)F)c1. The summed E-state index contributed by atoms with van der Waals surface area (Å²) in [5.41, 5.74) is -1.64. The second-order valence-electron chi connectivity index (χ2n) is 3.85. The van der Waals surface area contributed by atoms with Gasteiger partial charge in [0.1, 0.15) is 5.75 Å². The Hall–Kier alpha value is -1.47. The molecule has 0 fully saturated rings. The molecule has 0 spiro atoms. The normalized spacial score (nSPS) is 13.7. The molecule has 0 unspecified atom stereocenters. The van der Waals surface area contributed by atoms with Crippen LogP contribution in [0.2, 0.25) is 0 Å². The number of phenols is 1. The van der Waals surface area contributed by atoms with Crippen LogP contribution in [0.1, 0.15) is 18.1 Å². The van der Waals surface area contributed by atoms with Gasteiger partial charge in [0, 0.05) is 0 Å². The van der Waals surface area contributed by atoms with Crippen molar-refractivity contribution in [3.63, 3.8) is 0 Å². The van der Waals surface area contributed by atoms with E-state index in [-0.39, 0.29) is 12.0 Å². The monoisotopic (exact) mass is 290 g/mol. The Morgan fingerprint density at radius 2 is 1.53 bits per heavy atom. The molecule has 1 aromatic rings. The Morgan fingerprint density at radius 3 is 1.95 bits per heavy atom. The number of benzene rings is 1. The Morgan fingerprint density at radius 1 is 1.00 bits per heavy atom. The highest BCUT2D eigenvalue weighted by Gasteiger charge is 2.74. The van der Waals surface area contributed by atoms with Crippen molar-refractivity contribution < 1.29 is 35.8 Å². The molecule has 0 saturated carbocycles. The fourth-order valence-electron chi connectivity index (χ4n) is 1.40. The summed E-state index contributed by atoms with van der Waals surface area (Å²) in [4.78, 5) is 0. The average Bonchev–Trinajstić information content (AvgIpc) is 2.27. The first-order valence-electron chi connectivity index (χ1n) is 5.10. The summed E-state index contributed by atoms with van der Waals surface area (Å²) in [7, 11) is 0. The highest BCUT2D eigenvalue weighted by atomic mass is 19.4. The third-order valence-electron chi connectivity index (χ3n) is 2.56. The quantitative estimate of drug-likeness (QED) is 0.825. The van der Waals surface area contributed by atoms with E-state index in [1.54, 1.807) is 0 Å². The first-order valence-corrected chi connectivity index (χ1v) is 5.10. The summed E-state index contributed by atoms with van der Waals surface area (Å²) in [6.07, 6.45) is -6.29. The Labute approximate surface area is 103 Å². The largest absolute Gasteiger partial charge is 0.507 e. The maximum absolute atomic E-state index is 13.4. The lowest BCUT2D eigenvalue weighted by atomic mass is 9.98. The lowest BCUT2D eigenvalue weighted by Crippen LogP contribution is -2.50. The zero-order valence-corrected chi connectivity index (χ0v) is 9.53. The maximum Gasteiger partial charge on any atom is 0.460 e. The van der Waals surface area contributed by atoms with E-state index in [1.165, 1.54) is 6.92 Å². The van der Waals surface area contributed by atoms with Crippen LogP contribution in [0.5, 0.6) is 5.75 Å².